The van der Waals surface area contributed by atoms with Crippen LogP contribution in [-0.2, 0) is 19.5 Å². The molecular formula is C27H53N2+. The molecule has 0 aliphatic heterocycles. The predicted molar refractivity (Wildman–Crippen MR) is 128 cm³/mol. The molecule has 0 spiro atoms. The Bertz CT molecular complexity index is 463. The molecule has 0 amide bonds. The van der Waals surface area contributed by atoms with Crippen molar-refractivity contribution in [2.24, 2.45) is 0 Å². The van der Waals surface area contributed by atoms with Gasteiger partial charge in [0.15, 0.2) is 0 Å². The van der Waals surface area contributed by atoms with E-state index >= 15 is 0 Å². The molecule has 0 saturated heterocycles. The van der Waals surface area contributed by atoms with Crippen molar-refractivity contribution < 1.29 is 4.57 Å². The van der Waals surface area contributed by atoms with Crippen molar-refractivity contribution >= 4 is 0 Å². The second-order valence-corrected chi connectivity index (χ2v) is 9.15. The van der Waals surface area contributed by atoms with Crippen molar-refractivity contribution in [2.45, 2.75) is 156 Å². The first-order valence-corrected chi connectivity index (χ1v) is 13.4. The summed E-state index contributed by atoms with van der Waals surface area (Å²) in [4.78, 5) is 0. The Morgan fingerprint density at radius 1 is 0.586 bits per heavy atom. The highest BCUT2D eigenvalue weighted by atomic mass is 15.1. The quantitative estimate of drug-likeness (QED) is 0.143. The molecule has 0 fully saturated rings. The number of rotatable bonds is 21. The molecule has 1 heterocycles. The lowest BCUT2D eigenvalue weighted by Crippen LogP contribution is -2.37. The summed E-state index contributed by atoms with van der Waals surface area (Å²) in [5.41, 5.74) is 0. The van der Waals surface area contributed by atoms with E-state index in [4.69, 9.17) is 0 Å². The minimum absolute atomic E-state index is 1.21. The molecule has 0 radical (unpaired) electrons. The lowest BCUT2D eigenvalue weighted by molar-refractivity contribution is -0.704. The fourth-order valence-electron chi connectivity index (χ4n) is 4.38. The standard InChI is InChI=1S/C27H53N2/c1-4-7-10-11-12-13-14-15-16-17-18-21-24-29-26-25-28(23-20-9-6-3)27(29)22-19-8-5-2/h25-26H,4-24H2,1-3H3/q+1. The summed E-state index contributed by atoms with van der Waals surface area (Å²) in [5, 5.41) is 0. The number of imidazole rings is 1. The summed E-state index contributed by atoms with van der Waals surface area (Å²) in [6.07, 6.45) is 31.1. The van der Waals surface area contributed by atoms with E-state index in [2.05, 4.69) is 42.3 Å². The van der Waals surface area contributed by atoms with E-state index in [1.165, 1.54) is 135 Å². The van der Waals surface area contributed by atoms with E-state index < -0.39 is 0 Å². The zero-order chi connectivity index (χ0) is 21.0. The third-order valence-electron chi connectivity index (χ3n) is 6.35. The largest absolute Gasteiger partial charge is 0.256 e. The van der Waals surface area contributed by atoms with Crippen LogP contribution in [0.2, 0.25) is 0 Å². The van der Waals surface area contributed by atoms with Gasteiger partial charge in [0.05, 0.1) is 13.1 Å². The van der Waals surface area contributed by atoms with Crippen LogP contribution < -0.4 is 4.57 Å². The molecule has 0 aromatic carbocycles. The molecule has 0 atom stereocenters. The van der Waals surface area contributed by atoms with Gasteiger partial charge in [-0.2, -0.15) is 0 Å². The molecule has 1 aromatic heterocycles. The fourth-order valence-corrected chi connectivity index (χ4v) is 4.38. The molecular weight excluding hydrogens is 352 g/mol. The third kappa shape index (κ3) is 13.2. The topological polar surface area (TPSA) is 8.81 Å². The van der Waals surface area contributed by atoms with Crippen LogP contribution >= 0.6 is 0 Å². The van der Waals surface area contributed by atoms with Gasteiger partial charge in [-0.05, 0) is 32.1 Å². The summed E-state index contributed by atoms with van der Waals surface area (Å²) in [5.74, 6) is 1.58. The van der Waals surface area contributed by atoms with Crippen molar-refractivity contribution in [3.8, 4) is 0 Å². The highest BCUT2D eigenvalue weighted by Gasteiger charge is 2.16. The predicted octanol–water partition coefficient (Wildman–Crippen LogP) is 8.40. The highest BCUT2D eigenvalue weighted by Crippen LogP contribution is 2.13. The molecule has 2 heteroatoms. The fraction of sp³-hybridized carbons (Fsp3) is 0.889. The molecule has 0 bridgehead atoms. The van der Waals surface area contributed by atoms with Crippen LogP contribution in [0.25, 0.3) is 0 Å². The van der Waals surface area contributed by atoms with Crippen molar-refractivity contribution in [2.75, 3.05) is 0 Å². The number of hydrogen-bond acceptors (Lipinski definition) is 0. The molecule has 29 heavy (non-hydrogen) atoms. The van der Waals surface area contributed by atoms with Crippen LogP contribution in [-0.4, -0.2) is 4.57 Å². The van der Waals surface area contributed by atoms with Gasteiger partial charge < -0.3 is 0 Å². The molecule has 1 rings (SSSR count). The van der Waals surface area contributed by atoms with Crippen LogP contribution in [0.5, 0.6) is 0 Å². The minimum Gasteiger partial charge on any atom is -0.234 e. The Hall–Kier alpha value is -0.790. The van der Waals surface area contributed by atoms with Crippen molar-refractivity contribution in [1.82, 2.24) is 4.57 Å². The van der Waals surface area contributed by atoms with Gasteiger partial charge in [-0.15, -0.1) is 0 Å². The zero-order valence-corrected chi connectivity index (χ0v) is 20.4. The Morgan fingerprint density at radius 2 is 1.07 bits per heavy atom. The number of aromatic nitrogens is 2. The molecule has 0 N–H and O–H groups in total. The summed E-state index contributed by atoms with van der Waals surface area (Å²) in [6.45, 7) is 9.34. The monoisotopic (exact) mass is 405 g/mol. The maximum atomic E-state index is 2.57. The maximum absolute atomic E-state index is 2.57. The average molecular weight is 406 g/mol. The second-order valence-electron chi connectivity index (χ2n) is 9.15. The Kier molecular flexibility index (Phi) is 17.4. The molecule has 2 nitrogen and oxygen atoms in total. The third-order valence-corrected chi connectivity index (χ3v) is 6.35. The molecule has 0 unspecified atom stereocenters. The van der Waals surface area contributed by atoms with Crippen LogP contribution in [0.4, 0.5) is 0 Å². The number of aryl methyl sites for hydroxylation is 2. The van der Waals surface area contributed by atoms with E-state index in [9.17, 15) is 0 Å². The van der Waals surface area contributed by atoms with Gasteiger partial charge in [0.2, 0.25) is 0 Å². The molecule has 0 aliphatic rings. The van der Waals surface area contributed by atoms with Crippen molar-refractivity contribution in [1.29, 1.82) is 0 Å². The number of hydrogen-bond donors (Lipinski definition) is 0. The lowest BCUT2D eigenvalue weighted by Gasteiger charge is -2.06. The summed E-state index contributed by atoms with van der Waals surface area (Å²) in [6, 6.07) is 0. The first-order valence-electron chi connectivity index (χ1n) is 13.4. The number of unbranched alkanes of at least 4 members (excludes halogenated alkanes) is 15. The van der Waals surface area contributed by atoms with Gasteiger partial charge in [0, 0.05) is 6.42 Å². The first-order chi connectivity index (χ1) is 14.3. The smallest absolute Gasteiger partial charge is 0.234 e. The van der Waals surface area contributed by atoms with Crippen LogP contribution in [0.1, 0.15) is 142 Å². The maximum Gasteiger partial charge on any atom is 0.256 e. The van der Waals surface area contributed by atoms with Gasteiger partial charge in [0.25, 0.3) is 5.82 Å². The normalized spacial score (nSPS) is 11.4. The van der Waals surface area contributed by atoms with Crippen LogP contribution in [0.3, 0.4) is 0 Å². The SMILES string of the molecule is CCCCCCCCCCCCCCn1cc[n+](CCCCC)c1CCCCC. The Balaban J connectivity index is 2.18. The zero-order valence-electron chi connectivity index (χ0n) is 20.4. The first kappa shape index (κ1) is 26.2. The summed E-state index contributed by atoms with van der Waals surface area (Å²) < 4.78 is 5.11. The molecule has 170 valence electrons. The number of nitrogens with zero attached hydrogens (tertiary/aromatic N) is 2. The summed E-state index contributed by atoms with van der Waals surface area (Å²) >= 11 is 0. The second kappa shape index (κ2) is 19.2. The van der Waals surface area contributed by atoms with E-state index in [0.29, 0.717) is 0 Å². The molecule has 1 aromatic rings. The molecule has 0 aliphatic carbocycles. The van der Waals surface area contributed by atoms with Gasteiger partial charge in [-0.25, -0.2) is 9.13 Å². The van der Waals surface area contributed by atoms with E-state index in [-0.39, 0.29) is 0 Å². The van der Waals surface area contributed by atoms with E-state index in [1.54, 1.807) is 5.82 Å². The van der Waals surface area contributed by atoms with Crippen LogP contribution in [0.15, 0.2) is 12.4 Å². The van der Waals surface area contributed by atoms with Crippen LogP contribution in [0, 0.1) is 0 Å². The van der Waals surface area contributed by atoms with E-state index in [0.717, 1.165) is 0 Å². The van der Waals surface area contributed by atoms with Gasteiger partial charge in [0.1, 0.15) is 12.4 Å². The van der Waals surface area contributed by atoms with E-state index in [1.807, 2.05) is 0 Å². The lowest BCUT2D eigenvalue weighted by atomic mass is 10.1. The van der Waals surface area contributed by atoms with Gasteiger partial charge >= 0.3 is 0 Å². The molecule has 0 saturated carbocycles. The average Bonchev–Trinajstić information content (AvgIpc) is 3.11. The van der Waals surface area contributed by atoms with Crippen molar-refractivity contribution in [3.63, 3.8) is 0 Å². The Morgan fingerprint density at radius 3 is 1.66 bits per heavy atom. The summed E-state index contributed by atoms with van der Waals surface area (Å²) in [7, 11) is 0. The van der Waals surface area contributed by atoms with Crippen molar-refractivity contribution in [3.05, 3.63) is 18.2 Å². The Labute approximate surface area is 183 Å². The minimum atomic E-state index is 1.21. The van der Waals surface area contributed by atoms with Gasteiger partial charge in [-0.1, -0.05) is 104 Å². The highest BCUT2D eigenvalue weighted by molar-refractivity contribution is 4.84. The van der Waals surface area contributed by atoms with Gasteiger partial charge in [-0.3, -0.25) is 0 Å².